The van der Waals surface area contributed by atoms with Crippen molar-refractivity contribution < 1.29 is 13.6 Å². The maximum absolute atomic E-state index is 13.1. The van der Waals surface area contributed by atoms with Crippen LogP contribution in [-0.2, 0) is 0 Å². The first-order valence-corrected chi connectivity index (χ1v) is 9.80. The van der Waals surface area contributed by atoms with Crippen LogP contribution in [0.25, 0.3) is 11.3 Å². The van der Waals surface area contributed by atoms with Gasteiger partial charge in [-0.25, -0.2) is 9.37 Å². The number of aromatic nitrogens is 1. The van der Waals surface area contributed by atoms with Gasteiger partial charge < -0.3 is 9.73 Å². The number of amides is 1. The summed E-state index contributed by atoms with van der Waals surface area (Å²) in [5.41, 5.74) is 1.17. The molecule has 4 rings (SSSR count). The summed E-state index contributed by atoms with van der Waals surface area (Å²) in [5, 5.41) is 3.12. The molecule has 2 aliphatic rings. The fourth-order valence-electron chi connectivity index (χ4n) is 4.42. The van der Waals surface area contributed by atoms with Gasteiger partial charge in [-0.2, -0.15) is 0 Å². The van der Waals surface area contributed by atoms with Crippen LogP contribution in [0.15, 0.2) is 35.1 Å². The Kier molecular flexibility index (Phi) is 5.00. The smallest absolute Gasteiger partial charge is 0.274 e. The number of hydrogen-bond donors (Lipinski definition) is 1. The number of hydrogen-bond acceptors (Lipinski definition) is 4. The normalized spacial score (nSPS) is 26.2. The van der Waals surface area contributed by atoms with E-state index >= 15 is 0 Å². The Morgan fingerprint density at radius 3 is 2.56 bits per heavy atom. The molecule has 0 radical (unpaired) electrons. The van der Waals surface area contributed by atoms with Crippen molar-refractivity contribution in [3.8, 4) is 11.3 Å². The monoisotopic (exact) mass is 371 g/mol. The van der Waals surface area contributed by atoms with E-state index in [0.717, 1.165) is 25.7 Å². The van der Waals surface area contributed by atoms with E-state index in [4.69, 9.17) is 4.42 Å². The molecule has 144 valence electrons. The first-order chi connectivity index (χ1) is 13.0. The minimum absolute atomic E-state index is 0.158. The van der Waals surface area contributed by atoms with Gasteiger partial charge in [0.25, 0.3) is 5.91 Å². The van der Waals surface area contributed by atoms with Gasteiger partial charge in [0.15, 0.2) is 17.8 Å². The number of oxazole rings is 1. The highest BCUT2D eigenvalue weighted by Gasteiger charge is 2.37. The Morgan fingerprint density at radius 1 is 1.22 bits per heavy atom. The van der Waals surface area contributed by atoms with Gasteiger partial charge in [0.1, 0.15) is 5.82 Å². The molecule has 1 saturated heterocycles. The molecule has 1 aromatic heterocycles. The molecule has 27 heavy (non-hydrogen) atoms. The van der Waals surface area contributed by atoms with Crippen molar-refractivity contribution in [3.63, 3.8) is 0 Å². The first kappa shape index (κ1) is 18.2. The van der Waals surface area contributed by atoms with Crippen LogP contribution in [0, 0.1) is 5.82 Å². The van der Waals surface area contributed by atoms with Crippen molar-refractivity contribution in [2.24, 2.45) is 0 Å². The summed E-state index contributed by atoms with van der Waals surface area (Å²) in [6.07, 6.45) is 8.01. The van der Waals surface area contributed by atoms with Crippen molar-refractivity contribution in [2.75, 3.05) is 13.1 Å². The lowest BCUT2D eigenvalue weighted by Crippen LogP contribution is -2.50. The number of halogens is 1. The fraction of sp³-hybridized carbons (Fsp3) is 0.524. The Labute approximate surface area is 159 Å². The predicted octanol–water partition coefficient (Wildman–Crippen LogP) is 4.01. The van der Waals surface area contributed by atoms with E-state index in [-0.39, 0.29) is 29.0 Å². The quantitative estimate of drug-likeness (QED) is 0.882. The van der Waals surface area contributed by atoms with Gasteiger partial charge in [-0.05, 0) is 82.8 Å². The lowest BCUT2D eigenvalue weighted by molar-refractivity contribution is 0.0724. The van der Waals surface area contributed by atoms with Crippen molar-refractivity contribution in [2.45, 2.75) is 57.0 Å². The van der Waals surface area contributed by atoms with Crippen LogP contribution in [0.2, 0.25) is 0 Å². The maximum Gasteiger partial charge on any atom is 0.274 e. The Balaban J connectivity index is 1.39. The van der Waals surface area contributed by atoms with Crippen LogP contribution in [0.5, 0.6) is 0 Å². The van der Waals surface area contributed by atoms with Crippen molar-refractivity contribution >= 4 is 5.91 Å². The zero-order chi connectivity index (χ0) is 18.9. The van der Waals surface area contributed by atoms with E-state index in [0.29, 0.717) is 11.3 Å². The van der Waals surface area contributed by atoms with E-state index in [1.807, 2.05) is 0 Å². The fourth-order valence-corrected chi connectivity index (χ4v) is 4.42. The molecule has 0 unspecified atom stereocenters. The van der Waals surface area contributed by atoms with Crippen molar-refractivity contribution in [1.29, 1.82) is 0 Å². The molecule has 1 aromatic carbocycles. The van der Waals surface area contributed by atoms with Gasteiger partial charge >= 0.3 is 0 Å². The summed E-state index contributed by atoms with van der Waals surface area (Å²) < 4.78 is 18.5. The second kappa shape index (κ2) is 7.43. The molecule has 5 nitrogen and oxygen atoms in total. The first-order valence-electron chi connectivity index (χ1n) is 9.80. The van der Waals surface area contributed by atoms with Gasteiger partial charge in [0.05, 0.1) is 0 Å². The molecule has 2 fully saturated rings. The van der Waals surface area contributed by atoms with E-state index in [2.05, 4.69) is 22.1 Å². The van der Waals surface area contributed by atoms with Gasteiger partial charge in [-0.3, -0.25) is 9.69 Å². The average Bonchev–Trinajstić information content (AvgIpc) is 3.36. The van der Waals surface area contributed by atoms with Crippen LogP contribution in [0.3, 0.4) is 0 Å². The molecule has 6 heteroatoms. The molecule has 1 aliphatic heterocycles. The number of carbonyl (C=O) groups excluding carboxylic acids is 1. The number of likely N-dealkylation sites (tertiary alicyclic amines) is 1. The summed E-state index contributed by atoms with van der Waals surface area (Å²) in [5.74, 6) is -0.171. The summed E-state index contributed by atoms with van der Waals surface area (Å²) in [6.45, 7) is 4.77. The molecule has 0 spiro atoms. The number of nitrogens with zero attached hydrogens (tertiary/aromatic N) is 2. The Morgan fingerprint density at radius 2 is 1.89 bits per heavy atom. The van der Waals surface area contributed by atoms with Crippen LogP contribution in [-0.4, -0.2) is 40.5 Å². The minimum Gasteiger partial charge on any atom is -0.443 e. The third kappa shape index (κ3) is 3.76. The van der Waals surface area contributed by atoms with Crippen molar-refractivity contribution in [1.82, 2.24) is 15.2 Å². The zero-order valence-electron chi connectivity index (χ0n) is 15.7. The van der Waals surface area contributed by atoms with E-state index in [1.54, 1.807) is 12.1 Å². The molecule has 1 saturated carbocycles. The van der Waals surface area contributed by atoms with Crippen LogP contribution in [0.1, 0.15) is 55.9 Å². The average molecular weight is 371 g/mol. The summed E-state index contributed by atoms with van der Waals surface area (Å²) in [6, 6.07) is 6.04. The number of rotatable bonds is 4. The largest absolute Gasteiger partial charge is 0.443 e. The SMILES string of the molecule is CC1(N2CCCC2)CCC(NC(=O)c2ncoc2-c2ccc(F)cc2)CC1. The van der Waals surface area contributed by atoms with Crippen LogP contribution >= 0.6 is 0 Å². The standard InChI is InChI=1S/C21H26FN3O2/c1-21(25-12-2-3-13-25)10-8-17(9-11-21)24-20(26)18-19(27-14-23-18)15-4-6-16(22)7-5-15/h4-7,14,17H,2-3,8-13H2,1H3,(H,24,26). The van der Waals surface area contributed by atoms with Gasteiger partial charge in [-0.15, -0.1) is 0 Å². The Hall–Kier alpha value is -2.21. The topological polar surface area (TPSA) is 58.4 Å². The van der Waals surface area contributed by atoms with Gasteiger partial charge in [0, 0.05) is 17.1 Å². The second-order valence-corrected chi connectivity index (χ2v) is 7.98. The predicted molar refractivity (Wildman–Crippen MR) is 101 cm³/mol. The third-order valence-corrected chi connectivity index (χ3v) is 6.16. The van der Waals surface area contributed by atoms with Crippen molar-refractivity contribution in [3.05, 3.63) is 42.2 Å². The number of carbonyl (C=O) groups is 1. The highest BCUT2D eigenvalue weighted by molar-refractivity contribution is 5.97. The summed E-state index contributed by atoms with van der Waals surface area (Å²) in [4.78, 5) is 19.4. The van der Waals surface area contributed by atoms with Gasteiger partial charge in [-0.1, -0.05) is 0 Å². The summed E-state index contributed by atoms with van der Waals surface area (Å²) >= 11 is 0. The molecule has 2 heterocycles. The molecule has 0 bridgehead atoms. The lowest BCUT2D eigenvalue weighted by Gasteiger charge is -2.44. The molecule has 2 aromatic rings. The zero-order valence-corrected chi connectivity index (χ0v) is 15.7. The molecule has 1 aliphatic carbocycles. The van der Waals surface area contributed by atoms with E-state index in [9.17, 15) is 9.18 Å². The third-order valence-electron chi connectivity index (χ3n) is 6.16. The molecular weight excluding hydrogens is 345 g/mol. The molecule has 1 N–H and O–H groups in total. The van der Waals surface area contributed by atoms with Crippen LogP contribution in [0.4, 0.5) is 4.39 Å². The second-order valence-electron chi connectivity index (χ2n) is 7.98. The van der Waals surface area contributed by atoms with Crippen LogP contribution < -0.4 is 5.32 Å². The number of nitrogens with one attached hydrogen (secondary N) is 1. The molecule has 0 atom stereocenters. The summed E-state index contributed by atoms with van der Waals surface area (Å²) in [7, 11) is 0. The Bertz CT molecular complexity index is 788. The van der Waals surface area contributed by atoms with E-state index in [1.165, 1.54) is 44.5 Å². The lowest BCUT2D eigenvalue weighted by atomic mass is 9.79. The van der Waals surface area contributed by atoms with Gasteiger partial charge in [0.2, 0.25) is 0 Å². The minimum atomic E-state index is -0.326. The molecular formula is C21H26FN3O2. The molecule has 1 amide bonds. The van der Waals surface area contributed by atoms with E-state index < -0.39 is 0 Å². The number of benzene rings is 1. The highest BCUT2D eigenvalue weighted by Crippen LogP contribution is 2.35. The highest BCUT2D eigenvalue weighted by atomic mass is 19.1. The maximum atomic E-state index is 13.1.